The number of hydrogen-bond acceptors (Lipinski definition) is 4. The number of nitrogens with two attached hydrogens (primary N) is 1. The van der Waals surface area contributed by atoms with Crippen molar-refractivity contribution in [1.29, 1.82) is 0 Å². The van der Waals surface area contributed by atoms with Crippen LogP contribution < -0.4 is 5.73 Å². The number of aliphatic imine (C=N–C) groups is 1. The molecule has 0 aromatic heterocycles. The second-order valence-corrected chi connectivity index (χ2v) is 11.0. The topological polar surface area (TPSA) is 41.6 Å². The van der Waals surface area contributed by atoms with E-state index in [-0.39, 0.29) is 10.8 Å². The molecule has 2 N–H and O–H groups in total. The molecule has 27 heavy (non-hydrogen) atoms. The van der Waals surface area contributed by atoms with Crippen molar-refractivity contribution < 1.29 is 0 Å². The summed E-state index contributed by atoms with van der Waals surface area (Å²) in [5, 5.41) is 1.26. The zero-order valence-electron chi connectivity index (χ0n) is 17.4. The third-order valence-electron chi connectivity index (χ3n) is 7.12. The summed E-state index contributed by atoms with van der Waals surface area (Å²) >= 11 is 1.94. The van der Waals surface area contributed by atoms with Gasteiger partial charge in [0.1, 0.15) is 0 Å². The van der Waals surface area contributed by atoms with Gasteiger partial charge in [0, 0.05) is 18.8 Å². The van der Waals surface area contributed by atoms with Gasteiger partial charge in [0.2, 0.25) is 0 Å². The average Bonchev–Trinajstić information content (AvgIpc) is 3.15. The van der Waals surface area contributed by atoms with Crippen LogP contribution in [0.1, 0.15) is 76.1 Å². The predicted octanol–water partition coefficient (Wildman–Crippen LogP) is 4.85. The average molecular weight is 386 g/mol. The largest absolute Gasteiger partial charge is 0.351 e. The lowest BCUT2D eigenvalue weighted by molar-refractivity contribution is 0.274. The van der Waals surface area contributed by atoms with E-state index < -0.39 is 0 Å². The lowest BCUT2D eigenvalue weighted by Crippen LogP contribution is -2.38. The number of rotatable bonds is 2. The summed E-state index contributed by atoms with van der Waals surface area (Å²) in [4.78, 5) is 7.63. The molecule has 148 valence electrons. The molecule has 2 aliphatic heterocycles. The normalized spacial score (nSPS) is 27.4. The zero-order chi connectivity index (χ0) is 19.2. The molecule has 0 amide bonds. The first kappa shape index (κ1) is 19.3. The van der Waals surface area contributed by atoms with Crippen LogP contribution in [-0.2, 0) is 10.8 Å². The first-order chi connectivity index (χ1) is 12.8. The number of likely N-dealkylation sites (tertiary alicyclic amines) is 1. The first-order valence-corrected chi connectivity index (χ1v) is 11.6. The summed E-state index contributed by atoms with van der Waals surface area (Å²) in [7, 11) is 0. The van der Waals surface area contributed by atoms with Crippen molar-refractivity contribution in [2.75, 3.05) is 25.4 Å². The van der Waals surface area contributed by atoms with E-state index in [1.54, 1.807) is 11.1 Å². The number of thioether (sulfide) groups is 1. The van der Waals surface area contributed by atoms with Crippen molar-refractivity contribution in [3.63, 3.8) is 0 Å². The summed E-state index contributed by atoms with van der Waals surface area (Å²) < 4.78 is 0. The van der Waals surface area contributed by atoms with Crippen molar-refractivity contribution in [3.05, 3.63) is 34.9 Å². The van der Waals surface area contributed by atoms with Crippen molar-refractivity contribution in [2.24, 2.45) is 16.6 Å². The number of piperidine rings is 1. The molecule has 2 heterocycles. The fourth-order valence-corrected chi connectivity index (χ4v) is 6.02. The number of nitrogens with zero attached hydrogens (tertiary/aromatic N) is 2. The first-order valence-electron chi connectivity index (χ1n) is 10.6. The van der Waals surface area contributed by atoms with Gasteiger partial charge in [-0.05, 0) is 65.7 Å². The van der Waals surface area contributed by atoms with Crippen molar-refractivity contribution in [3.8, 4) is 0 Å². The third-order valence-corrected chi connectivity index (χ3v) is 8.22. The highest BCUT2D eigenvalue weighted by Crippen LogP contribution is 2.47. The van der Waals surface area contributed by atoms with Crippen molar-refractivity contribution in [1.82, 2.24) is 4.90 Å². The van der Waals surface area contributed by atoms with Crippen LogP contribution in [0.2, 0.25) is 0 Å². The Morgan fingerprint density at radius 1 is 1.07 bits per heavy atom. The third kappa shape index (κ3) is 3.67. The smallest absolute Gasteiger partial charge is 0.159 e. The van der Waals surface area contributed by atoms with Gasteiger partial charge in [0.25, 0.3) is 0 Å². The number of benzene rings is 1. The summed E-state index contributed by atoms with van der Waals surface area (Å²) in [5.74, 6) is 1.78. The minimum Gasteiger partial charge on any atom is -0.351 e. The minimum absolute atomic E-state index is 0.267. The van der Waals surface area contributed by atoms with Crippen molar-refractivity contribution in [2.45, 2.75) is 70.3 Å². The summed E-state index contributed by atoms with van der Waals surface area (Å²) in [5.41, 5.74) is 10.9. The Hall–Kier alpha value is -1.00. The maximum atomic E-state index is 5.84. The summed E-state index contributed by atoms with van der Waals surface area (Å²) in [6.45, 7) is 12.7. The monoisotopic (exact) mass is 385 g/mol. The molecule has 3 aliphatic rings. The van der Waals surface area contributed by atoms with Gasteiger partial charge in [-0.3, -0.25) is 4.99 Å². The summed E-state index contributed by atoms with van der Waals surface area (Å²) in [6, 6.07) is 7.54. The molecule has 0 spiro atoms. The number of hydrogen-bond donors (Lipinski definition) is 1. The Bertz CT molecular complexity index is 729. The molecule has 1 atom stereocenters. The van der Waals surface area contributed by atoms with Gasteiger partial charge in [0.15, 0.2) is 5.17 Å². The zero-order valence-corrected chi connectivity index (χ0v) is 18.2. The molecular weight excluding hydrogens is 350 g/mol. The van der Waals surface area contributed by atoms with Gasteiger partial charge in [-0.15, -0.1) is 0 Å². The minimum atomic E-state index is 0.267. The van der Waals surface area contributed by atoms with Crippen LogP contribution in [0, 0.1) is 5.92 Å². The highest BCUT2D eigenvalue weighted by Gasteiger charge is 2.37. The Labute approximate surface area is 169 Å². The van der Waals surface area contributed by atoms with Crippen LogP contribution in [0.3, 0.4) is 0 Å². The highest BCUT2D eigenvalue weighted by molar-refractivity contribution is 8.14. The lowest BCUT2D eigenvalue weighted by Gasteiger charge is -2.42. The van der Waals surface area contributed by atoms with Gasteiger partial charge < -0.3 is 10.6 Å². The molecule has 1 aliphatic carbocycles. The van der Waals surface area contributed by atoms with Gasteiger partial charge in [-0.25, -0.2) is 0 Å². The number of amidine groups is 1. The molecule has 1 fully saturated rings. The summed E-state index contributed by atoms with van der Waals surface area (Å²) in [6.07, 6.45) is 4.96. The Morgan fingerprint density at radius 3 is 2.41 bits per heavy atom. The van der Waals surface area contributed by atoms with Crippen LogP contribution >= 0.6 is 11.8 Å². The van der Waals surface area contributed by atoms with Gasteiger partial charge in [0.05, 0.1) is 6.04 Å². The maximum absolute atomic E-state index is 5.84. The molecule has 4 rings (SSSR count). The maximum Gasteiger partial charge on any atom is 0.159 e. The second kappa shape index (κ2) is 7.11. The van der Waals surface area contributed by atoms with Crippen LogP contribution in [0.25, 0.3) is 0 Å². The Kier molecular flexibility index (Phi) is 5.09. The van der Waals surface area contributed by atoms with E-state index >= 15 is 0 Å². The molecule has 0 saturated carbocycles. The highest BCUT2D eigenvalue weighted by atomic mass is 32.2. The Balaban J connectivity index is 1.56. The Morgan fingerprint density at radius 2 is 1.74 bits per heavy atom. The molecule has 0 bridgehead atoms. The van der Waals surface area contributed by atoms with E-state index in [0.29, 0.717) is 12.0 Å². The standard InChI is InChI=1S/C23H35N3S/c1-22(2)9-10-23(3,4)19-13-17(5-6-18(19)22)20-15-27-21(25-20)26-11-7-16(14-24)8-12-26/h5-6,13,16,20H,7-12,14-15,24H2,1-4H3. The van der Waals surface area contributed by atoms with Crippen LogP contribution in [-0.4, -0.2) is 35.5 Å². The lowest BCUT2D eigenvalue weighted by atomic mass is 9.63. The van der Waals surface area contributed by atoms with E-state index in [1.807, 2.05) is 11.8 Å². The van der Waals surface area contributed by atoms with E-state index in [0.717, 1.165) is 25.4 Å². The van der Waals surface area contributed by atoms with Gasteiger partial charge in [-0.2, -0.15) is 0 Å². The molecule has 3 nitrogen and oxygen atoms in total. The van der Waals surface area contributed by atoms with E-state index in [2.05, 4.69) is 50.8 Å². The molecule has 0 radical (unpaired) electrons. The second-order valence-electron chi connectivity index (χ2n) is 9.98. The molecule has 1 aromatic carbocycles. The molecule has 1 aromatic rings. The van der Waals surface area contributed by atoms with Crippen LogP contribution in [0.5, 0.6) is 0 Å². The number of fused-ring (bicyclic) bond motifs is 1. The van der Waals surface area contributed by atoms with Gasteiger partial charge in [-0.1, -0.05) is 57.7 Å². The van der Waals surface area contributed by atoms with Gasteiger partial charge >= 0.3 is 0 Å². The molecule has 1 saturated heterocycles. The van der Waals surface area contributed by atoms with Crippen LogP contribution in [0.15, 0.2) is 23.2 Å². The molecular formula is C23H35N3S. The SMILES string of the molecule is CC1(C)CCC(C)(C)c2cc(C3CSC(N4CCC(CN)CC4)=N3)ccc21. The van der Waals surface area contributed by atoms with E-state index in [1.165, 1.54) is 36.4 Å². The van der Waals surface area contributed by atoms with E-state index in [4.69, 9.17) is 10.7 Å². The fraction of sp³-hybridized carbons (Fsp3) is 0.696. The quantitative estimate of drug-likeness (QED) is 0.791. The predicted molar refractivity (Wildman–Crippen MR) is 118 cm³/mol. The fourth-order valence-electron chi connectivity index (χ4n) is 4.88. The van der Waals surface area contributed by atoms with E-state index in [9.17, 15) is 0 Å². The molecule has 4 heteroatoms. The van der Waals surface area contributed by atoms with Crippen molar-refractivity contribution >= 4 is 16.9 Å². The molecule has 1 unspecified atom stereocenters. The van der Waals surface area contributed by atoms with Crippen LogP contribution in [0.4, 0.5) is 0 Å².